The Kier molecular flexibility index (Phi) is 6.89. The predicted octanol–water partition coefficient (Wildman–Crippen LogP) is 6.31. The summed E-state index contributed by atoms with van der Waals surface area (Å²) in [6.45, 7) is 6.17. The lowest BCUT2D eigenvalue weighted by atomic mass is 10.0. The Hall–Kier alpha value is -0.870. The third-order valence-corrected chi connectivity index (χ3v) is 4.02. The largest absolute Gasteiger partial charge is 0.0683 e. The van der Waals surface area contributed by atoms with E-state index in [0.717, 1.165) is 0 Å². The van der Waals surface area contributed by atoms with Gasteiger partial charge in [0.1, 0.15) is 0 Å². The molecule has 0 aliphatic heterocycles. The maximum absolute atomic E-state index is 2.18. The average molecular weight is 246 g/mol. The molecule has 0 nitrogen and oxygen atoms in total. The quantitative estimate of drug-likeness (QED) is 0.510. The summed E-state index contributed by atoms with van der Waals surface area (Å²) in [5, 5.41) is 2.82. The molecule has 3 rings (SSSR count). The predicted molar refractivity (Wildman–Crippen MR) is 81.0 cm³/mol. The van der Waals surface area contributed by atoms with E-state index in [-0.39, 0.29) is 0 Å². The summed E-state index contributed by atoms with van der Waals surface area (Å²) in [5.74, 6) is 2.18. The van der Waals surface area contributed by atoms with E-state index in [0.29, 0.717) is 0 Å². The molecule has 2 aromatic rings. The summed E-state index contributed by atoms with van der Waals surface area (Å²) in [6.07, 6.45) is 6.00. The molecule has 1 aliphatic rings. The van der Waals surface area contributed by atoms with Crippen LogP contribution < -0.4 is 0 Å². The van der Waals surface area contributed by atoms with Crippen LogP contribution in [0.5, 0.6) is 0 Å². The lowest BCUT2D eigenvalue weighted by Crippen LogP contribution is -1.85. The monoisotopic (exact) mass is 246 g/mol. The molecule has 0 bridgehead atoms. The molecule has 1 heterocycles. The minimum Gasteiger partial charge on any atom is -0.0683 e. The maximum Gasteiger partial charge on any atom is 0.0119 e. The van der Waals surface area contributed by atoms with Crippen molar-refractivity contribution in [3.63, 3.8) is 0 Å². The first kappa shape index (κ1) is 14.2. The van der Waals surface area contributed by atoms with E-state index in [9.17, 15) is 0 Å². The van der Waals surface area contributed by atoms with Crippen LogP contribution >= 0.6 is 8.19 Å². The van der Waals surface area contributed by atoms with E-state index >= 15 is 0 Å². The summed E-state index contributed by atoms with van der Waals surface area (Å²) in [4.78, 5) is 0. The Bertz CT molecular complexity index is 421. The highest BCUT2D eigenvalue weighted by molar-refractivity contribution is 7.36. The van der Waals surface area contributed by atoms with Crippen molar-refractivity contribution >= 4 is 18.7 Å². The van der Waals surface area contributed by atoms with Gasteiger partial charge in [0.05, 0.1) is 0 Å². The van der Waals surface area contributed by atoms with Crippen LogP contribution in [0.3, 0.4) is 0 Å². The normalized spacial score (nSPS) is 13.1. The second-order valence-corrected chi connectivity index (χ2v) is 5.07. The van der Waals surface area contributed by atoms with Crippen LogP contribution in [-0.2, 0) is 0 Å². The molecule has 0 amide bonds. The Morgan fingerprint density at radius 1 is 0.882 bits per heavy atom. The van der Waals surface area contributed by atoms with Crippen LogP contribution in [-0.4, -0.2) is 0 Å². The lowest BCUT2D eigenvalue weighted by molar-refractivity contribution is 0.504. The SMILES string of the molecule is C1CCC1.CC.Cc1cccc2cccpc12. The van der Waals surface area contributed by atoms with E-state index in [1.54, 1.807) is 0 Å². The molecule has 0 unspecified atom stereocenters. The average Bonchev–Trinajstić information content (AvgIpc) is 2.30. The zero-order chi connectivity index (χ0) is 12.5. The van der Waals surface area contributed by atoms with Gasteiger partial charge in [-0.25, -0.2) is 0 Å². The van der Waals surface area contributed by atoms with Crippen molar-refractivity contribution in [3.8, 4) is 0 Å². The van der Waals surface area contributed by atoms with Crippen molar-refractivity contribution < 1.29 is 0 Å². The zero-order valence-electron chi connectivity index (χ0n) is 11.2. The Balaban J connectivity index is 0.000000202. The third kappa shape index (κ3) is 4.48. The fraction of sp³-hybridized carbons (Fsp3) is 0.438. The molecule has 0 N–H and O–H groups in total. The Morgan fingerprint density at radius 2 is 1.47 bits per heavy atom. The Morgan fingerprint density at radius 3 is 2.00 bits per heavy atom. The third-order valence-electron chi connectivity index (χ3n) is 2.83. The van der Waals surface area contributed by atoms with E-state index in [1.807, 2.05) is 13.8 Å². The van der Waals surface area contributed by atoms with Crippen LogP contribution in [0.15, 0.2) is 36.1 Å². The van der Waals surface area contributed by atoms with Gasteiger partial charge in [-0.15, -0.1) is 0 Å². The lowest BCUT2D eigenvalue weighted by Gasteiger charge is -2.05. The second kappa shape index (κ2) is 8.25. The van der Waals surface area contributed by atoms with E-state index in [2.05, 4.69) is 43.1 Å². The molecule has 1 saturated carbocycles. The van der Waals surface area contributed by atoms with Gasteiger partial charge >= 0.3 is 0 Å². The number of fused-ring (bicyclic) bond motifs is 1. The first-order valence-corrected chi connectivity index (χ1v) is 7.64. The molecule has 1 fully saturated rings. The molecule has 0 atom stereocenters. The number of benzene rings is 1. The highest BCUT2D eigenvalue weighted by Gasteiger charge is 1.95. The van der Waals surface area contributed by atoms with Gasteiger partial charge in [0, 0.05) is 5.12 Å². The molecular weight excluding hydrogens is 223 g/mol. The van der Waals surface area contributed by atoms with Crippen molar-refractivity contribution in [1.29, 1.82) is 0 Å². The van der Waals surface area contributed by atoms with E-state index < -0.39 is 0 Å². The van der Waals surface area contributed by atoms with Gasteiger partial charge in [-0.2, -0.15) is 0 Å². The maximum atomic E-state index is 2.18. The van der Waals surface area contributed by atoms with E-state index in [1.165, 1.54) is 49.9 Å². The molecule has 0 radical (unpaired) electrons. The first-order chi connectivity index (χ1) is 8.38. The van der Waals surface area contributed by atoms with Crippen LogP contribution in [0.2, 0.25) is 0 Å². The van der Waals surface area contributed by atoms with Crippen molar-refractivity contribution in [1.82, 2.24) is 0 Å². The summed E-state index contributed by atoms with van der Waals surface area (Å²) < 4.78 is 0. The second-order valence-electron chi connectivity index (χ2n) is 4.06. The van der Waals surface area contributed by atoms with Gasteiger partial charge in [0.15, 0.2) is 0 Å². The smallest absolute Gasteiger partial charge is 0.0119 e. The summed E-state index contributed by atoms with van der Waals surface area (Å²) in [5.41, 5.74) is 1.39. The van der Waals surface area contributed by atoms with Crippen molar-refractivity contribution in [2.24, 2.45) is 0 Å². The standard InChI is InChI=1S/C10H9P.C4H8.C2H6/c1-8-4-2-5-9-6-3-7-11-10(8)9;1-2-4-3-1;1-2/h2-7H,1H3;1-4H2;1-2H3. The molecule has 1 aliphatic carbocycles. The zero-order valence-corrected chi connectivity index (χ0v) is 12.1. The fourth-order valence-electron chi connectivity index (χ4n) is 1.51. The molecule has 1 heteroatoms. The Labute approximate surface area is 107 Å². The van der Waals surface area contributed by atoms with Gasteiger partial charge in [-0.05, 0) is 23.7 Å². The highest BCUT2D eigenvalue weighted by Crippen LogP contribution is 2.25. The number of aryl methyl sites for hydroxylation is 1. The molecule has 92 valence electrons. The van der Waals surface area contributed by atoms with Crippen LogP contribution in [0.4, 0.5) is 0 Å². The van der Waals surface area contributed by atoms with E-state index in [4.69, 9.17) is 0 Å². The molecule has 0 saturated heterocycles. The summed E-state index contributed by atoms with van der Waals surface area (Å²) >= 11 is 0. The van der Waals surface area contributed by atoms with Crippen molar-refractivity contribution in [2.45, 2.75) is 46.5 Å². The van der Waals surface area contributed by atoms with Gasteiger partial charge in [-0.3, -0.25) is 0 Å². The molecule has 0 spiro atoms. The molecular formula is C16H23P. The van der Waals surface area contributed by atoms with Crippen molar-refractivity contribution in [3.05, 3.63) is 41.7 Å². The fourth-order valence-corrected chi connectivity index (χ4v) is 2.40. The highest BCUT2D eigenvalue weighted by atomic mass is 31.0. The van der Waals surface area contributed by atoms with Gasteiger partial charge in [-0.1, -0.05) is 78.1 Å². The molecule has 1 aromatic carbocycles. The topological polar surface area (TPSA) is 0 Å². The number of hydrogen-bond acceptors (Lipinski definition) is 0. The summed E-state index contributed by atoms with van der Waals surface area (Å²) in [6, 6.07) is 10.7. The minimum absolute atomic E-state index is 1.33. The van der Waals surface area contributed by atoms with Gasteiger partial charge in [0.25, 0.3) is 0 Å². The van der Waals surface area contributed by atoms with Gasteiger partial charge < -0.3 is 0 Å². The number of rotatable bonds is 0. The van der Waals surface area contributed by atoms with Gasteiger partial charge in [0.2, 0.25) is 0 Å². The van der Waals surface area contributed by atoms with Crippen LogP contribution in [0.25, 0.3) is 10.5 Å². The van der Waals surface area contributed by atoms with Crippen LogP contribution in [0, 0.1) is 6.92 Å². The van der Waals surface area contributed by atoms with Crippen molar-refractivity contribution in [2.75, 3.05) is 0 Å². The summed E-state index contributed by atoms with van der Waals surface area (Å²) in [7, 11) is 1.33. The molecule has 17 heavy (non-hydrogen) atoms. The first-order valence-electron chi connectivity index (χ1n) is 6.68. The molecule has 1 aromatic heterocycles. The minimum atomic E-state index is 1.33. The number of hydrogen-bond donors (Lipinski definition) is 0. The van der Waals surface area contributed by atoms with Crippen LogP contribution in [0.1, 0.15) is 45.1 Å².